The number of benzene rings is 1. The van der Waals surface area contributed by atoms with Crippen molar-refractivity contribution in [2.75, 3.05) is 40.2 Å². The van der Waals surface area contributed by atoms with Crippen molar-refractivity contribution >= 4 is 16.8 Å². The van der Waals surface area contributed by atoms with Crippen molar-refractivity contribution in [1.29, 1.82) is 0 Å². The first-order chi connectivity index (χ1) is 14.1. The highest BCUT2D eigenvalue weighted by Crippen LogP contribution is 2.27. The third kappa shape index (κ3) is 7.76. The Labute approximate surface area is 177 Å². The molecule has 0 amide bonds. The second-order valence-electron chi connectivity index (χ2n) is 7.05. The number of aliphatic imine (C=N–C) groups is 1. The van der Waals surface area contributed by atoms with E-state index < -0.39 is 10.8 Å². The molecule has 0 aliphatic heterocycles. The molecule has 1 aliphatic carbocycles. The van der Waals surface area contributed by atoms with Crippen LogP contribution in [-0.4, -0.2) is 61.6 Å². The molecule has 1 aromatic rings. The number of methoxy groups -OCH3 is 2. The maximum atomic E-state index is 12.1. The van der Waals surface area contributed by atoms with Crippen LogP contribution in [0.4, 0.5) is 0 Å². The summed E-state index contributed by atoms with van der Waals surface area (Å²) in [5.41, 5.74) is 0. The highest BCUT2D eigenvalue weighted by Gasteiger charge is 2.25. The molecule has 7 nitrogen and oxygen atoms in total. The van der Waals surface area contributed by atoms with Crippen molar-refractivity contribution in [3.8, 4) is 17.2 Å². The molecule has 0 aromatic heterocycles. The second-order valence-corrected chi connectivity index (χ2v) is 9.05. The Kier molecular flexibility index (Phi) is 10.1. The molecule has 8 heteroatoms. The standard InChI is InChI=1S/C21H35N3O4S/c1-5-29(25)20-9-6-8-16(12-20)24-21(22-2)23-10-7-11-28-19-14-17(26-3)13-18(15-19)27-4/h13-16,20H,5-12H2,1-4H3,(H2,22,23,24). The predicted molar refractivity (Wildman–Crippen MR) is 119 cm³/mol. The molecule has 164 valence electrons. The van der Waals surface area contributed by atoms with E-state index in [0.29, 0.717) is 29.4 Å². The molecule has 0 spiro atoms. The van der Waals surface area contributed by atoms with Crippen LogP contribution in [0.2, 0.25) is 0 Å². The van der Waals surface area contributed by atoms with Crippen LogP contribution in [0.15, 0.2) is 23.2 Å². The summed E-state index contributed by atoms with van der Waals surface area (Å²) < 4.78 is 28.4. The zero-order valence-electron chi connectivity index (χ0n) is 18.0. The van der Waals surface area contributed by atoms with Crippen LogP contribution in [0.3, 0.4) is 0 Å². The minimum Gasteiger partial charge on any atom is -0.496 e. The quantitative estimate of drug-likeness (QED) is 0.341. The topological polar surface area (TPSA) is 81.2 Å². The highest BCUT2D eigenvalue weighted by atomic mass is 32.2. The van der Waals surface area contributed by atoms with Crippen LogP contribution in [0, 0.1) is 0 Å². The molecule has 1 saturated carbocycles. The Morgan fingerprint density at radius 3 is 2.48 bits per heavy atom. The molecule has 0 radical (unpaired) electrons. The molecular weight excluding hydrogens is 390 g/mol. The van der Waals surface area contributed by atoms with Gasteiger partial charge in [-0.25, -0.2) is 0 Å². The van der Waals surface area contributed by atoms with Crippen LogP contribution in [-0.2, 0) is 10.8 Å². The van der Waals surface area contributed by atoms with Gasteiger partial charge in [0.1, 0.15) is 17.2 Å². The maximum absolute atomic E-state index is 12.1. The predicted octanol–water partition coefficient (Wildman–Crippen LogP) is 2.72. The number of ether oxygens (including phenoxy) is 3. The minimum atomic E-state index is -0.717. The second kappa shape index (κ2) is 12.6. The summed E-state index contributed by atoms with van der Waals surface area (Å²) in [4.78, 5) is 4.32. The highest BCUT2D eigenvalue weighted by molar-refractivity contribution is 7.85. The molecular formula is C21H35N3O4S. The van der Waals surface area contributed by atoms with E-state index >= 15 is 0 Å². The van der Waals surface area contributed by atoms with E-state index in [2.05, 4.69) is 15.6 Å². The number of rotatable bonds is 10. The van der Waals surface area contributed by atoms with Gasteiger partial charge in [0, 0.05) is 59.6 Å². The molecule has 0 bridgehead atoms. The Hall–Kier alpha value is -1.96. The molecule has 29 heavy (non-hydrogen) atoms. The molecule has 3 unspecified atom stereocenters. The number of guanidine groups is 1. The van der Waals surface area contributed by atoms with Crippen molar-refractivity contribution < 1.29 is 18.4 Å². The van der Waals surface area contributed by atoms with Gasteiger partial charge in [-0.15, -0.1) is 0 Å². The average molecular weight is 426 g/mol. The molecule has 3 atom stereocenters. The lowest BCUT2D eigenvalue weighted by atomic mass is 9.95. The van der Waals surface area contributed by atoms with E-state index in [4.69, 9.17) is 14.2 Å². The molecule has 1 aromatic carbocycles. The minimum absolute atomic E-state index is 0.303. The van der Waals surface area contributed by atoms with Gasteiger partial charge in [0.2, 0.25) is 0 Å². The van der Waals surface area contributed by atoms with Crippen molar-refractivity contribution in [2.45, 2.75) is 50.3 Å². The van der Waals surface area contributed by atoms with E-state index in [1.165, 1.54) is 0 Å². The molecule has 2 rings (SSSR count). The van der Waals surface area contributed by atoms with E-state index in [-0.39, 0.29) is 0 Å². The zero-order valence-corrected chi connectivity index (χ0v) is 18.8. The van der Waals surface area contributed by atoms with E-state index in [1.54, 1.807) is 21.3 Å². The first-order valence-electron chi connectivity index (χ1n) is 10.3. The van der Waals surface area contributed by atoms with Gasteiger partial charge < -0.3 is 24.8 Å². The van der Waals surface area contributed by atoms with Gasteiger partial charge in [0.15, 0.2) is 5.96 Å². The lowest BCUT2D eigenvalue weighted by molar-refractivity contribution is 0.305. The van der Waals surface area contributed by atoms with Gasteiger partial charge in [-0.1, -0.05) is 13.3 Å². The fraction of sp³-hybridized carbons (Fsp3) is 0.667. The molecule has 2 N–H and O–H groups in total. The molecule has 0 saturated heterocycles. The summed E-state index contributed by atoms with van der Waals surface area (Å²) in [5.74, 6) is 3.67. The van der Waals surface area contributed by atoms with E-state index in [9.17, 15) is 4.21 Å². The monoisotopic (exact) mass is 425 g/mol. The van der Waals surface area contributed by atoms with E-state index in [1.807, 2.05) is 25.1 Å². The van der Waals surface area contributed by atoms with Crippen LogP contribution < -0.4 is 24.8 Å². The zero-order chi connectivity index (χ0) is 21.1. The Morgan fingerprint density at radius 1 is 1.17 bits per heavy atom. The average Bonchev–Trinajstić information content (AvgIpc) is 2.77. The largest absolute Gasteiger partial charge is 0.496 e. The van der Waals surface area contributed by atoms with Crippen molar-refractivity contribution in [3.63, 3.8) is 0 Å². The van der Waals surface area contributed by atoms with Crippen LogP contribution >= 0.6 is 0 Å². The smallest absolute Gasteiger partial charge is 0.191 e. The summed E-state index contributed by atoms with van der Waals surface area (Å²) in [6, 6.07) is 5.83. The van der Waals surface area contributed by atoms with Crippen molar-refractivity contribution in [1.82, 2.24) is 10.6 Å². The Balaban J connectivity index is 1.71. The summed E-state index contributed by atoms with van der Waals surface area (Å²) in [5, 5.41) is 7.13. The van der Waals surface area contributed by atoms with Gasteiger partial charge in [-0.2, -0.15) is 0 Å². The molecule has 0 heterocycles. The lowest BCUT2D eigenvalue weighted by Crippen LogP contribution is -2.47. The van der Waals surface area contributed by atoms with Gasteiger partial charge in [-0.3, -0.25) is 9.20 Å². The first-order valence-corrected chi connectivity index (χ1v) is 11.7. The SMILES string of the molecule is CCS(=O)C1CCCC(NC(=NC)NCCCOc2cc(OC)cc(OC)c2)C1. The van der Waals surface area contributed by atoms with Crippen LogP contribution in [0.5, 0.6) is 17.2 Å². The number of nitrogens with zero attached hydrogens (tertiary/aromatic N) is 1. The Morgan fingerprint density at radius 2 is 1.86 bits per heavy atom. The van der Waals surface area contributed by atoms with E-state index in [0.717, 1.165) is 56.1 Å². The third-order valence-corrected chi connectivity index (χ3v) is 6.79. The van der Waals surface area contributed by atoms with Crippen molar-refractivity contribution in [3.05, 3.63) is 18.2 Å². The fourth-order valence-electron chi connectivity index (χ4n) is 3.47. The summed E-state index contributed by atoms with van der Waals surface area (Å²) in [7, 11) is 4.30. The molecule has 1 fully saturated rings. The van der Waals surface area contributed by atoms with Gasteiger partial charge >= 0.3 is 0 Å². The third-order valence-electron chi connectivity index (χ3n) is 5.05. The van der Waals surface area contributed by atoms with Crippen molar-refractivity contribution in [2.24, 2.45) is 4.99 Å². The fourth-order valence-corrected chi connectivity index (χ4v) is 4.82. The van der Waals surface area contributed by atoms with Crippen LogP contribution in [0.1, 0.15) is 39.0 Å². The van der Waals surface area contributed by atoms with Gasteiger partial charge in [0.25, 0.3) is 0 Å². The Bertz CT molecular complexity index is 662. The van der Waals surface area contributed by atoms with Crippen LogP contribution in [0.25, 0.3) is 0 Å². The summed E-state index contributed by atoms with van der Waals surface area (Å²) in [6.07, 6.45) is 5.05. The first kappa shape index (κ1) is 23.3. The number of hydrogen-bond donors (Lipinski definition) is 2. The number of hydrogen-bond acceptors (Lipinski definition) is 5. The number of nitrogens with one attached hydrogen (secondary N) is 2. The maximum Gasteiger partial charge on any atom is 0.191 e. The van der Waals surface area contributed by atoms with Gasteiger partial charge in [-0.05, 0) is 25.7 Å². The van der Waals surface area contributed by atoms with Gasteiger partial charge in [0.05, 0.1) is 20.8 Å². The summed E-state index contributed by atoms with van der Waals surface area (Å²) >= 11 is 0. The normalized spacial score (nSPS) is 20.6. The lowest BCUT2D eigenvalue weighted by Gasteiger charge is -2.30. The summed E-state index contributed by atoms with van der Waals surface area (Å²) in [6.45, 7) is 3.32. The molecule has 1 aliphatic rings.